The van der Waals surface area contributed by atoms with E-state index in [1.807, 2.05) is 0 Å². The number of urea groups is 1. The molecule has 1 fully saturated rings. The monoisotopic (exact) mass is 500 g/mol. The van der Waals surface area contributed by atoms with Crippen LogP contribution in [0.4, 0.5) is 18.7 Å². The van der Waals surface area contributed by atoms with E-state index in [0.29, 0.717) is 10.5 Å². The fourth-order valence-electron chi connectivity index (χ4n) is 3.60. The third-order valence-corrected chi connectivity index (χ3v) is 6.04. The van der Waals surface area contributed by atoms with Gasteiger partial charge in [0.15, 0.2) is 22.5 Å². The van der Waals surface area contributed by atoms with Gasteiger partial charge in [-0.05, 0) is 11.6 Å². The number of methoxy groups -OCH3 is 1. The molecule has 4 amide bonds. The highest BCUT2D eigenvalue weighted by atomic mass is 32.1. The molecule has 2 heterocycles. The predicted molar refractivity (Wildman–Crippen MR) is 120 cm³/mol. The van der Waals surface area contributed by atoms with Crippen molar-refractivity contribution in [1.29, 1.82) is 0 Å². The largest absolute Gasteiger partial charge is 0.464 e. The van der Waals surface area contributed by atoms with Gasteiger partial charge in [0.1, 0.15) is 12.1 Å². The third-order valence-electron chi connectivity index (χ3n) is 5.28. The zero-order valence-corrected chi connectivity index (χ0v) is 19.0. The van der Waals surface area contributed by atoms with Gasteiger partial charge in [-0.2, -0.15) is 0 Å². The number of carbonyl (C=O) groups is 4. The maximum atomic E-state index is 14.4. The van der Waals surface area contributed by atoms with Gasteiger partial charge in [0.05, 0.1) is 7.11 Å². The molecule has 0 radical (unpaired) electrons. The normalized spacial score (nSPS) is 16.1. The van der Waals surface area contributed by atoms with Crippen molar-refractivity contribution in [3.05, 3.63) is 82.4 Å². The second-order valence-corrected chi connectivity index (χ2v) is 8.32. The van der Waals surface area contributed by atoms with Crippen LogP contribution in [0.2, 0.25) is 0 Å². The van der Waals surface area contributed by atoms with Gasteiger partial charge in [-0.1, -0.05) is 42.5 Å². The van der Waals surface area contributed by atoms with Crippen molar-refractivity contribution in [2.24, 2.45) is 0 Å². The molecule has 1 unspecified atom stereocenters. The minimum atomic E-state index is -1.50. The smallest absolute Gasteiger partial charge is 0.357 e. The second kappa shape index (κ2) is 9.97. The Bertz CT molecular complexity index is 1300. The molecule has 1 aliphatic rings. The van der Waals surface area contributed by atoms with Gasteiger partial charge in [0.2, 0.25) is 5.91 Å². The third kappa shape index (κ3) is 4.87. The minimum Gasteiger partial charge on any atom is -0.464 e. The van der Waals surface area contributed by atoms with E-state index in [1.54, 1.807) is 30.3 Å². The number of nitrogens with zero attached hydrogens (tertiary/aromatic N) is 2. The van der Waals surface area contributed by atoms with Crippen LogP contribution in [0.1, 0.15) is 27.7 Å². The Kier molecular flexibility index (Phi) is 6.82. The molecule has 35 heavy (non-hydrogen) atoms. The first kappa shape index (κ1) is 24.0. The van der Waals surface area contributed by atoms with Gasteiger partial charge < -0.3 is 15.4 Å². The minimum absolute atomic E-state index is 0.0240. The molecule has 0 bridgehead atoms. The van der Waals surface area contributed by atoms with Crippen molar-refractivity contribution in [2.75, 3.05) is 12.4 Å². The average Bonchev–Trinajstić information content (AvgIpc) is 3.43. The number of nitrogens with one attached hydrogen (secondary N) is 2. The molecular weight excluding hydrogens is 482 g/mol. The number of imide groups is 1. The summed E-state index contributed by atoms with van der Waals surface area (Å²) in [5, 5.41) is 6.26. The van der Waals surface area contributed by atoms with E-state index in [1.165, 1.54) is 24.6 Å². The number of carbonyl (C=O) groups excluding carboxylic acids is 4. The molecule has 1 saturated heterocycles. The summed E-state index contributed by atoms with van der Waals surface area (Å²) >= 11 is 0.951. The summed E-state index contributed by atoms with van der Waals surface area (Å²) < 4.78 is 32.7. The maximum Gasteiger partial charge on any atom is 0.357 e. The van der Waals surface area contributed by atoms with Gasteiger partial charge in [-0.25, -0.2) is 28.3 Å². The lowest BCUT2D eigenvalue weighted by atomic mass is 10.0. The first-order chi connectivity index (χ1) is 16.8. The van der Waals surface area contributed by atoms with E-state index in [0.717, 1.165) is 17.4 Å². The van der Waals surface area contributed by atoms with Crippen molar-refractivity contribution in [3.63, 3.8) is 0 Å². The number of aromatic nitrogens is 1. The number of halogens is 2. The number of thiazole rings is 1. The number of benzene rings is 2. The van der Waals surface area contributed by atoms with Gasteiger partial charge in [-0.3, -0.25) is 9.59 Å². The zero-order chi connectivity index (χ0) is 25.1. The summed E-state index contributed by atoms with van der Waals surface area (Å²) in [4.78, 5) is 55.6. The molecule has 12 heteroatoms. The van der Waals surface area contributed by atoms with Crippen molar-refractivity contribution in [2.45, 2.75) is 18.5 Å². The molecule has 1 aliphatic heterocycles. The first-order valence-corrected chi connectivity index (χ1v) is 11.1. The molecule has 9 nitrogen and oxygen atoms in total. The number of esters is 1. The SMILES string of the molecule is COC(=O)c1csc(NC(=O)[C@H](Cc2ccccc2)N2C(=O)NC(c3cccc(F)c3F)C2=O)n1. The van der Waals surface area contributed by atoms with Crippen LogP contribution in [-0.2, 0) is 20.7 Å². The van der Waals surface area contributed by atoms with Crippen LogP contribution in [-0.4, -0.2) is 46.9 Å². The Hall–Kier alpha value is -4.19. The van der Waals surface area contributed by atoms with Crippen LogP contribution < -0.4 is 10.6 Å². The summed E-state index contributed by atoms with van der Waals surface area (Å²) in [5.41, 5.74) is 0.263. The van der Waals surface area contributed by atoms with E-state index in [-0.39, 0.29) is 22.8 Å². The van der Waals surface area contributed by atoms with Crippen LogP contribution in [0.25, 0.3) is 0 Å². The number of anilines is 1. The van der Waals surface area contributed by atoms with Gasteiger partial charge in [0.25, 0.3) is 5.91 Å². The summed E-state index contributed by atoms with van der Waals surface area (Å²) in [6.07, 6.45) is -0.0561. The molecule has 1 aromatic heterocycles. The molecule has 2 atom stereocenters. The van der Waals surface area contributed by atoms with Crippen LogP contribution >= 0.6 is 11.3 Å². The van der Waals surface area contributed by atoms with Crippen LogP contribution in [0.3, 0.4) is 0 Å². The molecule has 0 aliphatic carbocycles. The Labute approximate surface area is 201 Å². The number of ether oxygens (including phenoxy) is 1. The fourth-order valence-corrected chi connectivity index (χ4v) is 4.28. The van der Waals surface area contributed by atoms with Crippen molar-refractivity contribution in [3.8, 4) is 0 Å². The fraction of sp³-hybridized carbons (Fsp3) is 0.174. The highest BCUT2D eigenvalue weighted by Gasteiger charge is 2.46. The molecule has 4 rings (SSSR count). The summed E-state index contributed by atoms with van der Waals surface area (Å²) in [7, 11) is 1.19. The number of hydrogen-bond acceptors (Lipinski definition) is 7. The highest BCUT2D eigenvalue weighted by molar-refractivity contribution is 7.14. The number of amides is 4. The van der Waals surface area contributed by atoms with E-state index < -0.39 is 47.5 Å². The van der Waals surface area contributed by atoms with Gasteiger partial charge >= 0.3 is 12.0 Å². The highest BCUT2D eigenvalue weighted by Crippen LogP contribution is 2.28. The van der Waals surface area contributed by atoms with E-state index >= 15 is 0 Å². The Morgan fingerprint density at radius 3 is 2.63 bits per heavy atom. The van der Waals surface area contributed by atoms with Crippen LogP contribution in [0.15, 0.2) is 53.9 Å². The average molecular weight is 500 g/mol. The quantitative estimate of drug-likeness (QED) is 0.380. The lowest BCUT2D eigenvalue weighted by molar-refractivity contribution is -0.134. The van der Waals surface area contributed by atoms with Crippen molar-refractivity contribution < 1.29 is 32.7 Å². The molecule has 0 saturated carbocycles. The standard InChI is InChI=1S/C23H18F2N4O5S/c1-34-21(32)15-11-35-22(26-15)28-19(30)16(10-12-6-3-2-4-7-12)29-20(31)18(27-23(29)33)13-8-5-9-14(24)17(13)25/h2-9,11,16,18H,10H2,1H3,(H,27,33)(H,26,28,30)/t16-,18?/m0/s1. The van der Waals surface area contributed by atoms with Crippen LogP contribution in [0, 0.1) is 11.6 Å². The van der Waals surface area contributed by atoms with Crippen molar-refractivity contribution in [1.82, 2.24) is 15.2 Å². The van der Waals surface area contributed by atoms with Crippen molar-refractivity contribution >= 4 is 40.3 Å². The Balaban J connectivity index is 1.64. The summed E-state index contributed by atoms with van der Waals surface area (Å²) in [5.74, 6) is -4.81. The van der Waals surface area contributed by atoms with E-state index in [9.17, 15) is 28.0 Å². The Morgan fingerprint density at radius 2 is 1.91 bits per heavy atom. The lowest BCUT2D eigenvalue weighted by Crippen LogP contribution is -2.49. The predicted octanol–water partition coefficient (Wildman–Crippen LogP) is 3.05. The van der Waals surface area contributed by atoms with Crippen LogP contribution in [0.5, 0.6) is 0 Å². The zero-order valence-electron chi connectivity index (χ0n) is 18.2. The maximum absolute atomic E-state index is 14.4. The molecule has 0 spiro atoms. The van der Waals surface area contributed by atoms with E-state index in [2.05, 4.69) is 20.4 Å². The molecule has 2 aromatic carbocycles. The second-order valence-electron chi connectivity index (χ2n) is 7.46. The first-order valence-electron chi connectivity index (χ1n) is 10.3. The molecule has 2 N–H and O–H groups in total. The lowest BCUT2D eigenvalue weighted by Gasteiger charge is -2.24. The molecular formula is C23H18F2N4O5S. The summed E-state index contributed by atoms with van der Waals surface area (Å²) in [6.45, 7) is 0. The van der Waals surface area contributed by atoms with Gasteiger partial charge in [0, 0.05) is 17.4 Å². The number of hydrogen-bond donors (Lipinski definition) is 2. The molecule has 180 valence electrons. The Morgan fingerprint density at radius 1 is 1.17 bits per heavy atom. The van der Waals surface area contributed by atoms with E-state index in [4.69, 9.17) is 0 Å². The molecule has 3 aromatic rings. The summed E-state index contributed by atoms with van der Waals surface area (Å²) in [6, 6.07) is 8.13. The topological polar surface area (TPSA) is 118 Å². The number of rotatable bonds is 7. The van der Waals surface area contributed by atoms with Gasteiger partial charge in [-0.15, -0.1) is 11.3 Å².